The number of carbonyl (C=O) groups is 2. The number of hydrogen-bond donors (Lipinski definition) is 3. The second kappa shape index (κ2) is 7.03. The van der Waals surface area contributed by atoms with E-state index in [2.05, 4.69) is 5.32 Å². The van der Waals surface area contributed by atoms with Gasteiger partial charge in [-0.1, -0.05) is 6.07 Å². The van der Waals surface area contributed by atoms with Crippen molar-refractivity contribution in [3.8, 4) is 0 Å². The van der Waals surface area contributed by atoms with E-state index in [1.165, 1.54) is 4.88 Å². The van der Waals surface area contributed by atoms with Crippen LogP contribution in [0, 0.1) is 0 Å². The molecule has 5 nitrogen and oxygen atoms in total. The Bertz CT molecular complexity index is 365. The fraction of sp³-hybridized carbons (Fsp3) is 0.455. The third-order valence-electron chi connectivity index (χ3n) is 2.33. The lowest BCUT2D eigenvalue weighted by Gasteiger charge is -2.13. The molecule has 0 aliphatic carbocycles. The summed E-state index contributed by atoms with van der Waals surface area (Å²) in [6.45, 7) is 0.619. The maximum absolute atomic E-state index is 11.1. The summed E-state index contributed by atoms with van der Waals surface area (Å²) in [5.74, 6) is -1.42. The molecule has 1 aromatic heterocycles. The van der Waals surface area contributed by atoms with Crippen molar-refractivity contribution in [3.63, 3.8) is 0 Å². The molecule has 0 fully saturated rings. The first kappa shape index (κ1) is 13.7. The number of nitrogens with two attached hydrogens (primary N) is 1. The molecule has 4 N–H and O–H groups in total. The highest BCUT2D eigenvalue weighted by Gasteiger charge is 2.15. The molecule has 0 saturated heterocycles. The minimum Gasteiger partial charge on any atom is -0.481 e. The first-order chi connectivity index (χ1) is 8.09. The van der Waals surface area contributed by atoms with Gasteiger partial charge in [-0.2, -0.15) is 0 Å². The lowest BCUT2D eigenvalue weighted by molar-refractivity contribution is -0.137. The maximum atomic E-state index is 11.1. The first-order valence-electron chi connectivity index (χ1n) is 5.36. The van der Waals surface area contributed by atoms with Crippen molar-refractivity contribution < 1.29 is 14.7 Å². The average molecular weight is 256 g/mol. The largest absolute Gasteiger partial charge is 0.481 e. The van der Waals surface area contributed by atoms with E-state index in [0.29, 0.717) is 6.54 Å². The molecule has 0 radical (unpaired) electrons. The summed E-state index contributed by atoms with van der Waals surface area (Å²) >= 11 is 1.65. The van der Waals surface area contributed by atoms with Crippen molar-refractivity contribution in [1.82, 2.24) is 5.32 Å². The summed E-state index contributed by atoms with van der Waals surface area (Å²) in [4.78, 5) is 22.7. The molecule has 1 aromatic rings. The van der Waals surface area contributed by atoms with Gasteiger partial charge >= 0.3 is 5.97 Å². The van der Waals surface area contributed by atoms with Gasteiger partial charge in [0.15, 0.2) is 0 Å². The van der Waals surface area contributed by atoms with Gasteiger partial charge in [-0.3, -0.25) is 9.59 Å². The van der Waals surface area contributed by atoms with Gasteiger partial charge in [0.1, 0.15) is 0 Å². The van der Waals surface area contributed by atoms with E-state index in [0.717, 1.165) is 6.42 Å². The van der Waals surface area contributed by atoms with E-state index in [-0.39, 0.29) is 12.8 Å². The fourth-order valence-electron chi connectivity index (χ4n) is 1.44. The number of carboxylic acid groups (broad SMARTS) is 1. The number of carboxylic acids is 1. The Hall–Kier alpha value is -1.40. The first-order valence-corrected chi connectivity index (χ1v) is 6.24. The van der Waals surface area contributed by atoms with Gasteiger partial charge in [0.2, 0.25) is 5.91 Å². The van der Waals surface area contributed by atoms with Crippen LogP contribution in [-0.4, -0.2) is 29.6 Å². The number of amides is 1. The number of nitrogens with one attached hydrogen (secondary N) is 1. The minimum atomic E-state index is -0.920. The molecule has 17 heavy (non-hydrogen) atoms. The molecular weight excluding hydrogens is 240 g/mol. The molecular formula is C11H16N2O3S. The Labute approximate surface area is 104 Å². The Morgan fingerprint density at radius 1 is 1.53 bits per heavy atom. The van der Waals surface area contributed by atoms with Gasteiger partial charge in [0.25, 0.3) is 0 Å². The molecule has 0 bridgehead atoms. The molecule has 94 valence electrons. The van der Waals surface area contributed by atoms with Gasteiger partial charge in [0.05, 0.1) is 6.04 Å². The highest BCUT2D eigenvalue weighted by Crippen LogP contribution is 2.08. The van der Waals surface area contributed by atoms with E-state index >= 15 is 0 Å². The van der Waals surface area contributed by atoms with Crippen molar-refractivity contribution in [2.24, 2.45) is 5.73 Å². The van der Waals surface area contributed by atoms with Gasteiger partial charge < -0.3 is 16.2 Å². The monoisotopic (exact) mass is 256 g/mol. The molecule has 0 saturated carbocycles. The van der Waals surface area contributed by atoms with Crippen LogP contribution in [0.25, 0.3) is 0 Å². The summed E-state index contributed by atoms with van der Waals surface area (Å²) in [5, 5.41) is 13.5. The standard InChI is InChI=1S/C11H16N2O3S/c12-11(16)9(3-4-10(14)15)13-6-5-8-2-1-7-17-8/h1-2,7,9,13H,3-6H2,(H2,12,16)(H,14,15)/t9-/m0/s1. The van der Waals surface area contributed by atoms with E-state index in [4.69, 9.17) is 10.8 Å². The number of thiophene rings is 1. The molecule has 1 rings (SSSR count). The van der Waals surface area contributed by atoms with Gasteiger partial charge in [-0.05, 0) is 24.3 Å². The highest BCUT2D eigenvalue weighted by atomic mass is 32.1. The smallest absolute Gasteiger partial charge is 0.303 e. The Balaban J connectivity index is 2.29. The zero-order valence-electron chi connectivity index (χ0n) is 9.39. The third kappa shape index (κ3) is 5.46. The molecule has 0 aliphatic heterocycles. The number of primary amides is 1. The average Bonchev–Trinajstić information content (AvgIpc) is 2.74. The maximum Gasteiger partial charge on any atom is 0.303 e. The molecule has 6 heteroatoms. The highest BCUT2D eigenvalue weighted by molar-refractivity contribution is 7.09. The SMILES string of the molecule is NC(=O)[C@H](CCC(=O)O)NCCc1cccs1. The Morgan fingerprint density at radius 3 is 2.82 bits per heavy atom. The second-order valence-electron chi connectivity index (χ2n) is 3.67. The topological polar surface area (TPSA) is 92.4 Å². The van der Waals surface area contributed by atoms with Crippen LogP contribution in [0.15, 0.2) is 17.5 Å². The van der Waals surface area contributed by atoms with Crippen molar-refractivity contribution >= 4 is 23.2 Å². The summed E-state index contributed by atoms with van der Waals surface area (Å²) < 4.78 is 0. The quantitative estimate of drug-likeness (QED) is 0.635. The summed E-state index contributed by atoms with van der Waals surface area (Å²) in [6, 6.07) is 3.42. The molecule has 0 spiro atoms. The summed E-state index contributed by atoms with van der Waals surface area (Å²) in [7, 11) is 0. The van der Waals surface area contributed by atoms with E-state index in [1.54, 1.807) is 11.3 Å². The van der Waals surface area contributed by atoms with Crippen molar-refractivity contribution in [3.05, 3.63) is 22.4 Å². The number of rotatable bonds is 8. The predicted octanol–water partition coefficient (Wildman–Crippen LogP) is 0.599. The lowest BCUT2D eigenvalue weighted by Crippen LogP contribution is -2.42. The zero-order chi connectivity index (χ0) is 12.7. The van der Waals surface area contributed by atoms with Crippen LogP contribution in [0.5, 0.6) is 0 Å². The van der Waals surface area contributed by atoms with Crippen LogP contribution in [0.1, 0.15) is 17.7 Å². The molecule has 1 atom stereocenters. The van der Waals surface area contributed by atoms with E-state index in [1.807, 2.05) is 17.5 Å². The van der Waals surface area contributed by atoms with Gasteiger partial charge in [-0.25, -0.2) is 0 Å². The van der Waals surface area contributed by atoms with Crippen LogP contribution < -0.4 is 11.1 Å². The van der Waals surface area contributed by atoms with E-state index in [9.17, 15) is 9.59 Å². The van der Waals surface area contributed by atoms with Crippen molar-refractivity contribution in [1.29, 1.82) is 0 Å². The predicted molar refractivity (Wildman–Crippen MR) is 65.9 cm³/mol. The van der Waals surface area contributed by atoms with E-state index < -0.39 is 17.9 Å². The number of carbonyl (C=O) groups excluding carboxylic acids is 1. The van der Waals surface area contributed by atoms with Crippen molar-refractivity contribution in [2.45, 2.75) is 25.3 Å². The normalized spacial score (nSPS) is 12.2. The molecule has 0 unspecified atom stereocenters. The Kier molecular flexibility index (Phi) is 5.65. The Morgan fingerprint density at radius 2 is 2.29 bits per heavy atom. The second-order valence-corrected chi connectivity index (χ2v) is 4.70. The third-order valence-corrected chi connectivity index (χ3v) is 3.27. The van der Waals surface area contributed by atoms with Crippen LogP contribution in [-0.2, 0) is 16.0 Å². The molecule has 1 heterocycles. The van der Waals surface area contributed by atoms with Gasteiger partial charge in [0, 0.05) is 17.8 Å². The summed E-state index contributed by atoms with van der Waals surface area (Å²) in [6.07, 6.45) is 0.989. The molecule has 1 amide bonds. The summed E-state index contributed by atoms with van der Waals surface area (Å²) in [5.41, 5.74) is 5.19. The number of hydrogen-bond acceptors (Lipinski definition) is 4. The van der Waals surface area contributed by atoms with Crippen LogP contribution >= 0.6 is 11.3 Å². The minimum absolute atomic E-state index is 0.0559. The lowest BCUT2D eigenvalue weighted by atomic mass is 10.1. The number of aliphatic carboxylic acids is 1. The fourth-order valence-corrected chi connectivity index (χ4v) is 2.15. The molecule has 0 aliphatic rings. The van der Waals surface area contributed by atoms with Crippen LogP contribution in [0.2, 0.25) is 0 Å². The van der Waals surface area contributed by atoms with Gasteiger partial charge in [-0.15, -0.1) is 11.3 Å². The van der Waals surface area contributed by atoms with Crippen LogP contribution in [0.4, 0.5) is 0 Å². The molecule has 0 aromatic carbocycles. The van der Waals surface area contributed by atoms with Crippen molar-refractivity contribution in [2.75, 3.05) is 6.54 Å². The zero-order valence-corrected chi connectivity index (χ0v) is 10.2. The van der Waals surface area contributed by atoms with Crippen LogP contribution in [0.3, 0.4) is 0 Å².